The number of fused-ring (bicyclic) bond motifs is 2. The number of carbonyl (C=O) groups excluding carboxylic acids is 3. The molecule has 4 heterocycles. The van der Waals surface area contributed by atoms with E-state index in [1.165, 1.54) is 40.3 Å². The lowest BCUT2D eigenvalue weighted by atomic mass is 9.89. The number of anilines is 2. The summed E-state index contributed by atoms with van der Waals surface area (Å²) in [7, 11) is -9.08. The molecule has 50 heavy (non-hydrogen) atoms. The van der Waals surface area contributed by atoms with Crippen molar-refractivity contribution in [3.05, 3.63) is 96.0 Å². The van der Waals surface area contributed by atoms with E-state index in [9.17, 15) is 31.2 Å². The molecular formula is C34H34N6O8S2. The van der Waals surface area contributed by atoms with Crippen molar-refractivity contribution >= 4 is 60.2 Å². The molecule has 3 aromatic rings. The van der Waals surface area contributed by atoms with E-state index >= 15 is 0 Å². The molecule has 1 atom stereocenters. The number of hydrogen-bond donors (Lipinski definition) is 0. The second-order valence-electron chi connectivity index (χ2n) is 12.2. The van der Waals surface area contributed by atoms with Crippen LogP contribution in [0.25, 0.3) is 0 Å². The molecule has 3 aliphatic rings. The van der Waals surface area contributed by atoms with Gasteiger partial charge in [0.15, 0.2) is 16.7 Å². The standard InChI is InChI=1S/C34H34N6O8S2/c1-4-17-38-26-20-24(32-36-16-19-40(50(32,46)47)34(43)48-21-23-9-6-5-7-10-23)12-13-27(26)49(44,45)37-31(38)28-29(41)25-11-8-15-35-30(25)39(33(28)42)18-14-22(2)3/h5-13,15-16,19-20,22,28H,4,14,17-18,21H2,1-3H3. The fourth-order valence-electron chi connectivity index (χ4n) is 5.82. The van der Waals surface area contributed by atoms with Crippen molar-refractivity contribution in [3.8, 4) is 0 Å². The summed E-state index contributed by atoms with van der Waals surface area (Å²) in [5.41, 5.74) is 0.771. The van der Waals surface area contributed by atoms with Gasteiger partial charge in [-0.15, -0.1) is 4.40 Å². The lowest BCUT2D eigenvalue weighted by Gasteiger charge is -2.38. The van der Waals surface area contributed by atoms with Crippen molar-refractivity contribution < 1.29 is 36.0 Å². The number of amidine groups is 1. The van der Waals surface area contributed by atoms with Gasteiger partial charge in [0.2, 0.25) is 5.91 Å². The lowest BCUT2D eigenvalue weighted by molar-refractivity contribution is -0.119. The average molecular weight is 719 g/mol. The van der Waals surface area contributed by atoms with Gasteiger partial charge in [-0.2, -0.15) is 21.1 Å². The van der Waals surface area contributed by atoms with Crippen molar-refractivity contribution in [2.75, 3.05) is 22.9 Å². The Balaban J connectivity index is 1.38. The first-order valence-electron chi connectivity index (χ1n) is 15.9. The van der Waals surface area contributed by atoms with Crippen molar-refractivity contribution in [1.29, 1.82) is 0 Å². The third-order valence-corrected chi connectivity index (χ3v) is 11.2. The maximum Gasteiger partial charge on any atom is 0.428 e. The number of aliphatic imine (C=N–C) groups is 1. The Labute approximate surface area is 289 Å². The summed E-state index contributed by atoms with van der Waals surface area (Å²) in [5, 5.41) is -0.540. The third-order valence-electron chi connectivity index (χ3n) is 8.27. The van der Waals surface area contributed by atoms with Gasteiger partial charge in [0.25, 0.3) is 20.0 Å². The fourth-order valence-corrected chi connectivity index (χ4v) is 8.31. The maximum absolute atomic E-state index is 14.1. The van der Waals surface area contributed by atoms with Crippen molar-refractivity contribution in [2.45, 2.75) is 45.1 Å². The van der Waals surface area contributed by atoms with Gasteiger partial charge >= 0.3 is 6.09 Å². The Kier molecular flexibility index (Phi) is 9.41. The average Bonchev–Trinajstić information content (AvgIpc) is 3.08. The number of pyridine rings is 1. The van der Waals surface area contributed by atoms with Gasteiger partial charge in [0, 0.05) is 37.2 Å². The van der Waals surface area contributed by atoms with Gasteiger partial charge in [-0.3, -0.25) is 14.5 Å². The van der Waals surface area contributed by atoms with Crippen LogP contribution in [0.5, 0.6) is 0 Å². The van der Waals surface area contributed by atoms with Crippen molar-refractivity contribution in [3.63, 3.8) is 0 Å². The molecule has 2 aromatic carbocycles. The number of aromatic nitrogens is 1. The number of benzene rings is 2. The summed E-state index contributed by atoms with van der Waals surface area (Å²) in [6, 6.07) is 15.6. The Morgan fingerprint density at radius 2 is 1.72 bits per heavy atom. The normalized spacial score (nSPS) is 19.1. The molecular weight excluding hydrogens is 685 g/mol. The van der Waals surface area contributed by atoms with Crippen LogP contribution in [0.1, 0.15) is 55.1 Å². The first-order valence-corrected chi connectivity index (χ1v) is 18.8. The molecule has 1 aromatic heterocycles. The van der Waals surface area contributed by atoms with E-state index in [1.807, 2.05) is 20.8 Å². The molecule has 3 aliphatic heterocycles. The second-order valence-corrected chi connectivity index (χ2v) is 15.5. The fraction of sp³-hybridized carbons (Fsp3) is 0.294. The minimum atomic E-state index is -4.61. The lowest BCUT2D eigenvalue weighted by Crippen LogP contribution is -2.54. The summed E-state index contributed by atoms with van der Waals surface area (Å²) in [6.45, 7) is 6.00. The molecule has 2 amide bonds. The first-order chi connectivity index (χ1) is 23.8. The molecule has 0 fully saturated rings. The molecule has 6 rings (SSSR count). The van der Waals surface area contributed by atoms with Gasteiger partial charge in [0.05, 0.1) is 11.3 Å². The van der Waals surface area contributed by atoms with Gasteiger partial charge in [0.1, 0.15) is 23.2 Å². The van der Waals surface area contributed by atoms with Crippen LogP contribution < -0.4 is 9.80 Å². The van der Waals surface area contributed by atoms with Crippen molar-refractivity contribution in [1.82, 2.24) is 9.29 Å². The van der Waals surface area contributed by atoms with Crippen LogP contribution in [-0.2, 0) is 36.2 Å². The predicted molar refractivity (Wildman–Crippen MR) is 186 cm³/mol. The quantitative estimate of drug-likeness (QED) is 0.287. The molecule has 0 aliphatic carbocycles. The molecule has 0 N–H and O–H groups in total. The van der Waals surface area contributed by atoms with E-state index in [0.717, 1.165) is 12.4 Å². The number of carbonyl (C=O) groups is 3. The summed E-state index contributed by atoms with van der Waals surface area (Å²) in [5.74, 6) is -2.80. The SMILES string of the molecule is CCCN1C(C2C(=O)c3cccnc3N(CCC(C)C)C2=O)=NS(=O)(=O)c2ccc(C3=NC=CN(C(=O)OCc4ccccc4)S3(=O)=O)cc21. The molecule has 0 saturated carbocycles. The highest BCUT2D eigenvalue weighted by molar-refractivity contribution is 8.05. The zero-order chi connectivity index (χ0) is 35.8. The summed E-state index contributed by atoms with van der Waals surface area (Å²) < 4.78 is 64.5. The van der Waals surface area contributed by atoms with Crippen LogP contribution in [-0.4, -0.2) is 67.9 Å². The monoisotopic (exact) mass is 718 g/mol. The molecule has 14 nitrogen and oxygen atoms in total. The number of amides is 2. The van der Waals surface area contributed by atoms with Crippen molar-refractivity contribution in [2.24, 2.45) is 21.2 Å². The predicted octanol–water partition coefficient (Wildman–Crippen LogP) is 4.49. The zero-order valence-corrected chi connectivity index (χ0v) is 29.1. The van der Waals surface area contributed by atoms with Crippen LogP contribution >= 0.6 is 0 Å². The van der Waals surface area contributed by atoms with Crippen LogP contribution in [0.2, 0.25) is 0 Å². The second kappa shape index (κ2) is 13.6. The molecule has 16 heteroatoms. The molecule has 0 radical (unpaired) electrons. The van der Waals surface area contributed by atoms with Crippen LogP contribution in [0.3, 0.4) is 0 Å². The molecule has 1 unspecified atom stereocenters. The summed E-state index contributed by atoms with van der Waals surface area (Å²) in [6.07, 6.45) is 3.43. The van der Waals surface area contributed by atoms with Gasteiger partial charge in [-0.05, 0) is 48.6 Å². The van der Waals surface area contributed by atoms with Crippen LogP contribution in [0.4, 0.5) is 16.3 Å². The van der Waals surface area contributed by atoms with Crippen LogP contribution in [0.15, 0.2) is 93.5 Å². The highest BCUT2D eigenvalue weighted by Gasteiger charge is 2.48. The van der Waals surface area contributed by atoms with Gasteiger partial charge in [-0.25, -0.2) is 14.8 Å². The highest BCUT2D eigenvalue weighted by Crippen LogP contribution is 2.38. The van der Waals surface area contributed by atoms with E-state index in [0.29, 0.717) is 22.7 Å². The summed E-state index contributed by atoms with van der Waals surface area (Å²) >= 11 is 0. The molecule has 0 spiro atoms. The smallest absolute Gasteiger partial charge is 0.428 e. The van der Waals surface area contributed by atoms with Gasteiger partial charge in [-0.1, -0.05) is 57.2 Å². The van der Waals surface area contributed by atoms with Crippen LogP contribution in [0, 0.1) is 11.8 Å². The van der Waals surface area contributed by atoms with E-state index in [2.05, 4.69) is 14.4 Å². The number of sulfonamides is 2. The number of ketones is 1. The highest BCUT2D eigenvalue weighted by atomic mass is 32.2. The Morgan fingerprint density at radius 3 is 2.44 bits per heavy atom. The van der Waals surface area contributed by atoms with E-state index in [1.54, 1.807) is 36.4 Å². The van der Waals surface area contributed by atoms with Gasteiger partial charge < -0.3 is 9.64 Å². The Morgan fingerprint density at radius 1 is 0.960 bits per heavy atom. The maximum atomic E-state index is 14.1. The van der Waals surface area contributed by atoms with E-state index in [-0.39, 0.29) is 59.0 Å². The number of ether oxygens (including phenoxy) is 1. The number of hydrogen-bond acceptors (Lipinski definition) is 11. The minimum absolute atomic E-state index is 0.00585. The third kappa shape index (κ3) is 6.31. The number of Topliss-reactive ketones (excluding diaryl/α,β-unsaturated/α-hetero) is 1. The largest absolute Gasteiger partial charge is 0.444 e. The molecule has 0 saturated heterocycles. The molecule has 0 bridgehead atoms. The number of nitrogens with zero attached hydrogens (tertiary/aromatic N) is 6. The molecule has 260 valence electrons. The van der Waals surface area contributed by atoms with E-state index < -0.39 is 48.8 Å². The first kappa shape index (κ1) is 34.6. The Hall–Kier alpha value is -5.22. The number of rotatable bonds is 9. The Bertz CT molecular complexity index is 2180. The zero-order valence-electron chi connectivity index (χ0n) is 27.5. The summed E-state index contributed by atoms with van der Waals surface area (Å²) in [4.78, 5) is 52.0. The topological polar surface area (TPSA) is 176 Å². The minimum Gasteiger partial charge on any atom is -0.444 e. The van der Waals surface area contributed by atoms with E-state index in [4.69, 9.17) is 4.74 Å².